The highest BCUT2D eigenvalue weighted by atomic mass is 16.3. The summed E-state index contributed by atoms with van der Waals surface area (Å²) < 4.78 is 0. The molecule has 4 N–H and O–H groups in total. The molecule has 0 aliphatic rings. The standard InChI is InChI=1S/C21H20N4O/c1-3-16-18(13-4-7-15(26)8-5-13)11-23-21(22)20(16)14-6-9-19-17(10-14)12(2)24-25-19/h4-11,26H,3H2,1-2H3,(H2,22,23)(H,24,25). The minimum Gasteiger partial charge on any atom is -0.508 e. The normalized spacial score (nSPS) is 11.2. The van der Waals surface area contributed by atoms with Gasteiger partial charge in [-0.3, -0.25) is 5.10 Å². The highest BCUT2D eigenvalue weighted by Gasteiger charge is 2.16. The Morgan fingerprint density at radius 2 is 1.81 bits per heavy atom. The number of aromatic hydroxyl groups is 1. The molecule has 2 aromatic carbocycles. The molecule has 0 saturated heterocycles. The maximum Gasteiger partial charge on any atom is 0.131 e. The number of nitrogen functional groups attached to an aromatic ring is 1. The zero-order chi connectivity index (χ0) is 18.3. The van der Waals surface area contributed by atoms with E-state index >= 15 is 0 Å². The number of nitrogens with one attached hydrogen (secondary N) is 1. The number of phenols is 1. The van der Waals surface area contributed by atoms with Crippen LogP contribution in [0.25, 0.3) is 33.2 Å². The molecule has 0 atom stereocenters. The number of aromatic nitrogens is 3. The summed E-state index contributed by atoms with van der Waals surface area (Å²) in [5.74, 6) is 0.765. The van der Waals surface area contributed by atoms with Crippen molar-refractivity contribution in [3.63, 3.8) is 0 Å². The molecule has 0 unspecified atom stereocenters. The van der Waals surface area contributed by atoms with Gasteiger partial charge in [-0.15, -0.1) is 0 Å². The predicted molar refractivity (Wildman–Crippen MR) is 105 cm³/mol. The highest BCUT2D eigenvalue weighted by molar-refractivity contribution is 5.91. The van der Waals surface area contributed by atoms with Crippen LogP contribution in [0.3, 0.4) is 0 Å². The molecule has 0 spiro atoms. The molecule has 0 aliphatic carbocycles. The van der Waals surface area contributed by atoms with E-state index in [0.717, 1.165) is 50.8 Å². The van der Waals surface area contributed by atoms with Crippen LogP contribution in [0.1, 0.15) is 18.2 Å². The highest BCUT2D eigenvalue weighted by Crippen LogP contribution is 2.37. The molecule has 0 amide bonds. The lowest BCUT2D eigenvalue weighted by molar-refractivity contribution is 0.475. The van der Waals surface area contributed by atoms with E-state index < -0.39 is 0 Å². The quantitative estimate of drug-likeness (QED) is 0.512. The maximum atomic E-state index is 9.57. The number of rotatable bonds is 3. The van der Waals surface area contributed by atoms with Gasteiger partial charge in [0.1, 0.15) is 11.6 Å². The van der Waals surface area contributed by atoms with Gasteiger partial charge >= 0.3 is 0 Å². The van der Waals surface area contributed by atoms with Crippen molar-refractivity contribution in [2.24, 2.45) is 0 Å². The van der Waals surface area contributed by atoms with E-state index in [0.29, 0.717) is 5.82 Å². The van der Waals surface area contributed by atoms with E-state index in [1.54, 1.807) is 12.1 Å². The van der Waals surface area contributed by atoms with Crippen LogP contribution < -0.4 is 5.73 Å². The Morgan fingerprint density at radius 3 is 2.54 bits per heavy atom. The lowest BCUT2D eigenvalue weighted by atomic mass is 9.91. The molecule has 4 aromatic rings. The van der Waals surface area contributed by atoms with E-state index in [1.807, 2.05) is 37.4 Å². The first-order valence-electron chi connectivity index (χ1n) is 8.60. The summed E-state index contributed by atoms with van der Waals surface area (Å²) >= 11 is 0. The molecule has 4 rings (SSSR count). The molecule has 0 aliphatic heterocycles. The van der Waals surface area contributed by atoms with Gasteiger partial charge in [0.05, 0.1) is 11.2 Å². The number of nitrogens with zero attached hydrogens (tertiary/aromatic N) is 2. The number of phenolic OH excluding ortho intramolecular Hbond substituents is 1. The first-order chi connectivity index (χ1) is 12.6. The maximum absolute atomic E-state index is 9.57. The molecule has 5 heteroatoms. The number of hydrogen-bond donors (Lipinski definition) is 3. The van der Waals surface area contributed by atoms with Crippen molar-refractivity contribution in [3.8, 4) is 28.0 Å². The fraction of sp³-hybridized carbons (Fsp3) is 0.143. The second-order valence-electron chi connectivity index (χ2n) is 6.38. The molecule has 5 nitrogen and oxygen atoms in total. The Bertz CT molecular complexity index is 1100. The third-order valence-corrected chi connectivity index (χ3v) is 4.79. The van der Waals surface area contributed by atoms with Gasteiger partial charge in [-0.2, -0.15) is 5.10 Å². The second-order valence-corrected chi connectivity index (χ2v) is 6.38. The number of pyridine rings is 1. The number of nitrogens with two attached hydrogens (primary N) is 1. The third kappa shape index (κ3) is 2.58. The molecule has 0 bridgehead atoms. The Morgan fingerprint density at radius 1 is 1.08 bits per heavy atom. The fourth-order valence-corrected chi connectivity index (χ4v) is 3.45. The Labute approximate surface area is 151 Å². The molecule has 130 valence electrons. The van der Waals surface area contributed by atoms with Crippen molar-refractivity contribution >= 4 is 16.7 Å². The molecule has 26 heavy (non-hydrogen) atoms. The van der Waals surface area contributed by atoms with Crippen molar-refractivity contribution in [2.75, 3.05) is 5.73 Å². The number of aromatic amines is 1. The van der Waals surface area contributed by atoms with E-state index in [4.69, 9.17) is 5.73 Å². The van der Waals surface area contributed by atoms with Crippen LogP contribution in [0, 0.1) is 6.92 Å². The van der Waals surface area contributed by atoms with Gasteiger partial charge in [0.15, 0.2) is 0 Å². The van der Waals surface area contributed by atoms with Gasteiger partial charge in [-0.25, -0.2) is 4.98 Å². The van der Waals surface area contributed by atoms with E-state index in [-0.39, 0.29) is 5.75 Å². The molecule has 0 saturated carbocycles. The molecule has 2 aromatic heterocycles. The summed E-state index contributed by atoms with van der Waals surface area (Å²) in [4.78, 5) is 4.44. The topological polar surface area (TPSA) is 87.8 Å². The van der Waals surface area contributed by atoms with Gasteiger partial charge in [-0.05, 0) is 54.3 Å². The van der Waals surface area contributed by atoms with E-state index in [9.17, 15) is 5.11 Å². The fourth-order valence-electron chi connectivity index (χ4n) is 3.45. The number of fused-ring (bicyclic) bond motifs is 1. The Balaban J connectivity index is 1.95. The van der Waals surface area contributed by atoms with Gasteiger partial charge in [0.25, 0.3) is 0 Å². The summed E-state index contributed by atoms with van der Waals surface area (Å²) in [7, 11) is 0. The monoisotopic (exact) mass is 344 g/mol. The minimum absolute atomic E-state index is 0.247. The van der Waals surface area contributed by atoms with Crippen molar-refractivity contribution in [1.82, 2.24) is 15.2 Å². The SMILES string of the molecule is CCc1c(-c2ccc(O)cc2)cnc(N)c1-c1ccc2[nH]nc(C)c2c1. The molecule has 2 heterocycles. The lowest BCUT2D eigenvalue weighted by Gasteiger charge is -2.16. The van der Waals surface area contributed by atoms with E-state index in [1.165, 1.54) is 0 Å². The number of hydrogen-bond acceptors (Lipinski definition) is 4. The summed E-state index contributed by atoms with van der Waals surface area (Å²) in [5.41, 5.74) is 13.4. The van der Waals surface area contributed by atoms with Crippen LogP contribution in [0.15, 0.2) is 48.7 Å². The van der Waals surface area contributed by atoms with Crippen LogP contribution in [-0.4, -0.2) is 20.3 Å². The predicted octanol–water partition coefficient (Wildman–Crippen LogP) is 4.45. The largest absolute Gasteiger partial charge is 0.508 e. The number of anilines is 1. The van der Waals surface area contributed by atoms with Crippen LogP contribution in [-0.2, 0) is 6.42 Å². The Hall–Kier alpha value is -3.34. The lowest BCUT2D eigenvalue weighted by Crippen LogP contribution is -2.01. The van der Waals surface area contributed by atoms with Crippen molar-refractivity contribution < 1.29 is 5.11 Å². The van der Waals surface area contributed by atoms with Crippen molar-refractivity contribution in [3.05, 3.63) is 59.9 Å². The molecule has 0 radical (unpaired) electrons. The average Bonchev–Trinajstić information content (AvgIpc) is 3.02. The molecule has 0 fully saturated rings. The zero-order valence-corrected chi connectivity index (χ0v) is 14.7. The van der Waals surface area contributed by atoms with Gasteiger partial charge < -0.3 is 10.8 Å². The summed E-state index contributed by atoms with van der Waals surface area (Å²) in [6.07, 6.45) is 2.63. The van der Waals surface area contributed by atoms with Crippen LogP contribution >= 0.6 is 0 Å². The minimum atomic E-state index is 0.247. The Kier molecular flexibility index (Phi) is 3.84. The summed E-state index contributed by atoms with van der Waals surface area (Å²) in [6, 6.07) is 13.4. The van der Waals surface area contributed by atoms with Crippen LogP contribution in [0.4, 0.5) is 5.82 Å². The zero-order valence-electron chi connectivity index (χ0n) is 14.7. The van der Waals surface area contributed by atoms with Crippen molar-refractivity contribution in [1.29, 1.82) is 0 Å². The van der Waals surface area contributed by atoms with Crippen LogP contribution in [0.5, 0.6) is 5.75 Å². The molecular weight excluding hydrogens is 324 g/mol. The number of H-pyrrole nitrogens is 1. The third-order valence-electron chi connectivity index (χ3n) is 4.79. The number of aryl methyl sites for hydroxylation is 1. The van der Waals surface area contributed by atoms with Gasteiger partial charge in [0.2, 0.25) is 0 Å². The first-order valence-corrected chi connectivity index (χ1v) is 8.60. The van der Waals surface area contributed by atoms with Crippen molar-refractivity contribution in [2.45, 2.75) is 20.3 Å². The average molecular weight is 344 g/mol. The van der Waals surface area contributed by atoms with Crippen LogP contribution in [0.2, 0.25) is 0 Å². The number of benzene rings is 2. The first kappa shape index (κ1) is 16.1. The summed E-state index contributed by atoms with van der Waals surface area (Å²) in [6.45, 7) is 4.10. The van der Waals surface area contributed by atoms with E-state index in [2.05, 4.69) is 28.2 Å². The van der Waals surface area contributed by atoms with Gasteiger partial charge in [-0.1, -0.05) is 25.1 Å². The summed E-state index contributed by atoms with van der Waals surface area (Å²) in [5, 5.41) is 18.0. The smallest absolute Gasteiger partial charge is 0.131 e. The molecular formula is C21H20N4O. The van der Waals surface area contributed by atoms with Gasteiger partial charge in [0, 0.05) is 22.7 Å². The second kappa shape index (κ2) is 6.19.